The number of amides is 2. The molecule has 1 atom stereocenters. The largest absolute Gasteiger partial charge is 0.444 e. The molecule has 0 spiro atoms. The van der Waals surface area contributed by atoms with Crippen LogP contribution in [0, 0.1) is 0 Å². The number of nitrogens with one attached hydrogen (secondary N) is 1. The molecule has 0 aliphatic carbocycles. The van der Waals surface area contributed by atoms with Crippen molar-refractivity contribution in [1.29, 1.82) is 0 Å². The molecule has 2 amide bonds. The lowest BCUT2D eigenvalue weighted by Crippen LogP contribution is -2.49. The summed E-state index contributed by atoms with van der Waals surface area (Å²) in [5, 5.41) is 2.28. The van der Waals surface area contributed by atoms with Gasteiger partial charge in [0.05, 0.1) is 13.5 Å². The Morgan fingerprint density at radius 3 is 2.10 bits per heavy atom. The minimum absolute atomic E-state index is 0.648. The standard InChI is InChI=1S/C11H19F3N2O4/c1-10(2,3)20-9(18)15-7(11(12,13)14)6-8(17)16(4)19-5/h7H,6H2,1-5H3,(H,15,18)/t7-/m1/s1. The number of hydroxylamine groups is 2. The Balaban J connectivity index is 4.76. The summed E-state index contributed by atoms with van der Waals surface area (Å²) in [4.78, 5) is 27.2. The molecule has 20 heavy (non-hydrogen) atoms. The molecule has 6 nitrogen and oxygen atoms in total. The summed E-state index contributed by atoms with van der Waals surface area (Å²) in [6.45, 7) is 4.54. The fourth-order valence-electron chi connectivity index (χ4n) is 1.10. The van der Waals surface area contributed by atoms with E-state index >= 15 is 0 Å². The van der Waals surface area contributed by atoms with Crippen LogP contribution in [-0.4, -0.2) is 49.0 Å². The van der Waals surface area contributed by atoms with E-state index in [9.17, 15) is 22.8 Å². The van der Waals surface area contributed by atoms with Gasteiger partial charge in [-0.15, -0.1) is 0 Å². The number of nitrogens with zero attached hydrogens (tertiary/aromatic N) is 1. The van der Waals surface area contributed by atoms with Gasteiger partial charge >= 0.3 is 12.3 Å². The van der Waals surface area contributed by atoms with Gasteiger partial charge in [0.1, 0.15) is 11.6 Å². The summed E-state index contributed by atoms with van der Waals surface area (Å²) in [5.74, 6) is -0.925. The highest BCUT2D eigenvalue weighted by atomic mass is 19.4. The Bertz CT molecular complexity index is 353. The second-order valence-corrected chi connectivity index (χ2v) is 5.02. The van der Waals surface area contributed by atoms with Crippen molar-refractivity contribution in [2.45, 2.75) is 45.0 Å². The van der Waals surface area contributed by atoms with Gasteiger partial charge in [0.2, 0.25) is 5.91 Å². The van der Waals surface area contributed by atoms with E-state index in [1.807, 2.05) is 0 Å². The minimum Gasteiger partial charge on any atom is -0.444 e. The Kier molecular flexibility index (Phi) is 6.27. The first-order valence-corrected chi connectivity index (χ1v) is 5.73. The van der Waals surface area contributed by atoms with Crippen molar-refractivity contribution < 1.29 is 32.3 Å². The molecule has 0 bridgehead atoms. The van der Waals surface area contributed by atoms with Crippen molar-refractivity contribution in [2.24, 2.45) is 0 Å². The molecule has 0 aliphatic rings. The van der Waals surface area contributed by atoms with Crippen LogP contribution in [0.25, 0.3) is 0 Å². The molecule has 1 N–H and O–H groups in total. The molecular weight excluding hydrogens is 281 g/mol. The molecule has 0 heterocycles. The van der Waals surface area contributed by atoms with Crippen molar-refractivity contribution in [3.05, 3.63) is 0 Å². The fraction of sp³-hybridized carbons (Fsp3) is 0.818. The first kappa shape index (κ1) is 18.5. The van der Waals surface area contributed by atoms with Crippen molar-refractivity contribution >= 4 is 12.0 Å². The summed E-state index contributed by atoms with van der Waals surface area (Å²) < 4.78 is 43.0. The van der Waals surface area contributed by atoms with Gasteiger partial charge < -0.3 is 10.1 Å². The zero-order valence-electron chi connectivity index (χ0n) is 12.0. The number of rotatable bonds is 4. The second kappa shape index (κ2) is 6.78. The van der Waals surface area contributed by atoms with Crippen LogP contribution in [0.4, 0.5) is 18.0 Å². The minimum atomic E-state index is -4.78. The number of ether oxygens (including phenoxy) is 1. The Hall–Kier alpha value is -1.51. The molecule has 0 rings (SSSR count). The molecule has 0 saturated carbocycles. The van der Waals surface area contributed by atoms with Crippen LogP contribution in [-0.2, 0) is 14.4 Å². The first-order valence-electron chi connectivity index (χ1n) is 5.73. The Morgan fingerprint density at radius 1 is 1.25 bits per heavy atom. The fourth-order valence-corrected chi connectivity index (χ4v) is 1.10. The number of hydrogen-bond donors (Lipinski definition) is 1. The van der Waals surface area contributed by atoms with Gasteiger partial charge in [-0.2, -0.15) is 13.2 Å². The monoisotopic (exact) mass is 300 g/mol. The zero-order chi connectivity index (χ0) is 16.1. The third-order valence-electron chi connectivity index (χ3n) is 2.09. The number of hydrogen-bond acceptors (Lipinski definition) is 4. The van der Waals surface area contributed by atoms with Crippen molar-refractivity contribution in [3.63, 3.8) is 0 Å². The van der Waals surface area contributed by atoms with Crippen LogP contribution in [0.5, 0.6) is 0 Å². The quantitative estimate of drug-likeness (QED) is 0.805. The molecule has 0 unspecified atom stereocenters. The van der Waals surface area contributed by atoms with Gasteiger partial charge in [0.25, 0.3) is 0 Å². The van der Waals surface area contributed by atoms with E-state index in [4.69, 9.17) is 4.74 Å². The highest BCUT2D eigenvalue weighted by molar-refractivity contribution is 5.77. The maximum atomic E-state index is 12.8. The molecular formula is C11H19F3N2O4. The first-order chi connectivity index (χ1) is 8.86. The third-order valence-corrected chi connectivity index (χ3v) is 2.09. The number of alkyl carbamates (subject to hydrolysis) is 1. The molecule has 0 aromatic heterocycles. The summed E-state index contributed by atoms with van der Waals surface area (Å²) in [7, 11) is 2.31. The maximum Gasteiger partial charge on any atom is 0.409 e. The van der Waals surface area contributed by atoms with Crippen molar-refractivity contribution in [3.8, 4) is 0 Å². The smallest absolute Gasteiger partial charge is 0.409 e. The second-order valence-electron chi connectivity index (χ2n) is 5.02. The predicted octanol–water partition coefficient (Wildman–Crippen LogP) is 1.85. The summed E-state index contributed by atoms with van der Waals surface area (Å²) in [6, 6.07) is -2.34. The third kappa shape index (κ3) is 7.17. The normalized spacial score (nSPS) is 13.6. The van der Waals surface area contributed by atoms with Crippen LogP contribution in [0.1, 0.15) is 27.2 Å². The van der Waals surface area contributed by atoms with E-state index < -0.39 is 36.2 Å². The average Bonchev–Trinajstić information content (AvgIpc) is 2.22. The Labute approximate surface area is 115 Å². The molecule has 9 heteroatoms. The van der Waals surface area contributed by atoms with Gasteiger partial charge in [-0.1, -0.05) is 0 Å². The zero-order valence-corrected chi connectivity index (χ0v) is 12.0. The number of carbonyl (C=O) groups excluding carboxylic acids is 2. The van der Waals surface area contributed by atoms with Gasteiger partial charge in [0, 0.05) is 7.05 Å². The van der Waals surface area contributed by atoms with Crippen LogP contribution in [0.15, 0.2) is 0 Å². The van der Waals surface area contributed by atoms with Gasteiger partial charge in [-0.05, 0) is 20.8 Å². The number of carbonyl (C=O) groups is 2. The molecule has 0 aromatic rings. The van der Waals surface area contributed by atoms with E-state index in [0.29, 0.717) is 5.06 Å². The van der Waals surface area contributed by atoms with Crippen molar-refractivity contribution in [1.82, 2.24) is 10.4 Å². The van der Waals surface area contributed by atoms with Crippen LogP contribution >= 0.6 is 0 Å². The molecule has 0 aliphatic heterocycles. The lowest BCUT2D eigenvalue weighted by atomic mass is 10.2. The average molecular weight is 300 g/mol. The molecule has 118 valence electrons. The van der Waals surface area contributed by atoms with E-state index in [-0.39, 0.29) is 0 Å². The summed E-state index contributed by atoms with van der Waals surface area (Å²) in [5.41, 5.74) is -0.937. The number of halogens is 3. The van der Waals surface area contributed by atoms with Crippen LogP contribution in [0.2, 0.25) is 0 Å². The highest BCUT2D eigenvalue weighted by Gasteiger charge is 2.43. The Morgan fingerprint density at radius 2 is 1.75 bits per heavy atom. The summed E-state index contributed by atoms with van der Waals surface area (Å²) >= 11 is 0. The summed E-state index contributed by atoms with van der Waals surface area (Å²) in [6.07, 6.45) is -7.00. The van der Waals surface area contributed by atoms with Crippen molar-refractivity contribution in [2.75, 3.05) is 14.2 Å². The van der Waals surface area contributed by atoms with Gasteiger partial charge in [-0.3, -0.25) is 9.63 Å². The SMILES string of the molecule is CON(C)C(=O)C[C@@H](NC(=O)OC(C)(C)C)C(F)(F)F. The van der Waals surface area contributed by atoms with Crippen LogP contribution < -0.4 is 5.32 Å². The maximum absolute atomic E-state index is 12.8. The molecule has 0 saturated heterocycles. The number of alkyl halides is 3. The predicted molar refractivity (Wildman–Crippen MR) is 63.6 cm³/mol. The van der Waals surface area contributed by atoms with E-state index in [0.717, 1.165) is 7.11 Å². The topological polar surface area (TPSA) is 67.9 Å². The molecule has 0 aromatic carbocycles. The lowest BCUT2D eigenvalue weighted by molar-refractivity contribution is -0.182. The van der Waals surface area contributed by atoms with E-state index in [1.54, 1.807) is 5.32 Å². The van der Waals surface area contributed by atoms with Gasteiger partial charge in [0.15, 0.2) is 0 Å². The lowest BCUT2D eigenvalue weighted by Gasteiger charge is -2.25. The highest BCUT2D eigenvalue weighted by Crippen LogP contribution is 2.23. The molecule has 0 radical (unpaired) electrons. The van der Waals surface area contributed by atoms with Gasteiger partial charge in [-0.25, -0.2) is 9.86 Å². The van der Waals surface area contributed by atoms with E-state index in [1.165, 1.54) is 27.8 Å². The molecule has 0 fully saturated rings. The van der Waals surface area contributed by atoms with Crippen LogP contribution in [0.3, 0.4) is 0 Å². The van der Waals surface area contributed by atoms with E-state index in [2.05, 4.69) is 4.84 Å².